The van der Waals surface area contributed by atoms with Gasteiger partial charge in [0.05, 0.1) is 35.8 Å². The van der Waals surface area contributed by atoms with Crippen LogP contribution in [-0.2, 0) is 20.7 Å². The zero-order chi connectivity index (χ0) is 16.8. The zero-order valence-electron chi connectivity index (χ0n) is 13.3. The maximum atomic E-state index is 11.8. The molecule has 1 aromatic carbocycles. The number of esters is 1. The molecular weight excluding hydrogens is 364 g/mol. The molecule has 2 aromatic rings. The third-order valence-corrected chi connectivity index (χ3v) is 3.78. The van der Waals surface area contributed by atoms with Crippen LogP contribution in [0.1, 0.15) is 25.1 Å². The molecule has 7 heteroatoms. The predicted molar refractivity (Wildman–Crippen MR) is 92.3 cm³/mol. The van der Waals surface area contributed by atoms with E-state index in [1.54, 1.807) is 13.2 Å². The number of ether oxygens (including phenoxy) is 2. The Labute approximate surface area is 142 Å². The van der Waals surface area contributed by atoms with Crippen LogP contribution in [0.15, 0.2) is 21.3 Å². The molecule has 2 rings (SSSR count). The Morgan fingerprint density at radius 2 is 2.22 bits per heavy atom. The van der Waals surface area contributed by atoms with E-state index in [9.17, 15) is 4.79 Å². The second-order valence-corrected chi connectivity index (χ2v) is 5.50. The van der Waals surface area contributed by atoms with Crippen LogP contribution >= 0.6 is 15.9 Å². The van der Waals surface area contributed by atoms with E-state index in [1.165, 1.54) is 0 Å². The Morgan fingerprint density at radius 1 is 1.43 bits per heavy atom. The van der Waals surface area contributed by atoms with Crippen molar-refractivity contribution in [2.45, 2.75) is 20.3 Å². The molecular formula is C16H19BrN2O4. The summed E-state index contributed by atoms with van der Waals surface area (Å²) in [7, 11) is 1.82. The van der Waals surface area contributed by atoms with Gasteiger partial charge in [-0.05, 0) is 41.9 Å². The smallest absolute Gasteiger partial charge is 0.312 e. The molecule has 0 atom stereocenters. The van der Waals surface area contributed by atoms with Gasteiger partial charge in [0.1, 0.15) is 5.69 Å². The third kappa shape index (κ3) is 3.85. The highest BCUT2D eigenvalue weighted by Gasteiger charge is 2.20. The summed E-state index contributed by atoms with van der Waals surface area (Å²) in [6, 6.07) is 1.90. The van der Waals surface area contributed by atoms with Crippen LogP contribution in [0.25, 0.3) is 17.0 Å². The van der Waals surface area contributed by atoms with E-state index in [0.29, 0.717) is 24.5 Å². The molecule has 23 heavy (non-hydrogen) atoms. The maximum absolute atomic E-state index is 11.8. The van der Waals surface area contributed by atoms with Crippen LogP contribution in [-0.4, -0.2) is 31.4 Å². The summed E-state index contributed by atoms with van der Waals surface area (Å²) in [4.78, 5) is 11.8. The Balaban J connectivity index is 2.56. The van der Waals surface area contributed by atoms with Gasteiger partial charge in [-0.2, -0.15) is 0 Å². The van der Waals surface area contributed by atoms with Crippen molar-refractivity contribution in [3.8, 4) is 0 Å². The number of fused-ring (bicyclic) bond motifs is 1. The van der Waals surface area contributed by atoms with Gasteiger partial charge >= 0.3 is 5.97 Å². The van der Waals surface area contributed by atoms with Gasteiger partial charge in [0.15, 0.2) is 5.58 Å². The third-order valence-electron chi connectivity index (χ3n) is 3.19. The number of hydrogen-bond donors (Lipinski definition) is 1. The molecule has 124 valence electrons. The van der Waals surface area contributed by atoms with E-state index >= 15 is 0 Å². The fraction of sp³-hybridized carbons (Fsp3) is 0.375. The monoisotopic (exact) mass is 382 g/mol. The zero-order valence-corrected chi connectivity index (χ0v) is 14.9. The lowest BCUT2D eigenvalue weighted by atomic mass is 10.0. The predicted octanol–water partition coefficient (Wildman–Crippen LogP) is 3.74. The Morgan fingerprint density at radius 3 is 2.87 bits per heavy atom. The van der Waals surface area contributed by atoms with E-state index in [2.05, 4.69) is 26.4 Å². The number of benzene rings is 1. The first-order chi connectivity index (χ1) is 11.1. The highest BCUT2D eigenvalue weighted by molar-refractivity contribution is 9.10. The second-order valence-electron chi connectivity index (χ2n) is 4.64. The van der Waals surface area contributed by atoms with Gasteiger partial charge in [-0.25, -0.2) is 0 Å². The minimum Gasteiger partial charge on any atom is -0.501 e. The van der Waals surface area contributed by atoms with Gasteiger partial charge in [-0.1, -0.05) is 5.16 Å². The largest absolute Gasteiger partial charge is 0.501 e. The summed E-state index contributed by atoms with van der Waals surface area (Å²) < 4.78 is 16.4. The summed E-state index contributed by atoms with van der Waals surface area (Å²) in [5.74, 6) is -0.339. The fourth-order valence-corrected chi connectivity index (χ4v) is 2.73. The number of carbonyl (C=O) groups excluding carboxylic acids is 1. The van der Waals surface area contributed by atoms with Gasteiger partial charge in [-0.3, -0.25) is 4.79 Å². The number of hydrogen-bond acceptors (Lipinski definition) is 6. The topological polar surface area (TPSA) is 73.6 Å². The summed E-state index contributed by atoms with van der Waals surface area (Å²) in [5, 5.41) is 7.92. The fourth-order valence-electron chi connectivity index (χ4n) is 2.23. The summed E-state index contributed by atoms with van der Waals surface area (Å²) >= 11 is 3.47. The van der Waals surface area contributed by atoms with Crippen molar-refractivity contribution in [2.75, 3.05) is 25.6 Å². The van der Waals surface area contributed by atoms with Crippen LogP contribution in [0.5, 0.6) is 0 Å². The van der Waals surface area contributed by atoms with Gasteiger partial charge in [-0.15, -0.1) is 0 Å². The first kappa shape index (κ1) is 17.3. The van der Waals surface area contributed by atoms with Crippen LogP contribution in [0, 0.1) is 0 Å². The molecule has 0 radical (unpaired) electrons. The minimum absolute atomic E-state index is 0.0515. The second kappa shape index (κ2) is 8.01. The molecule has 1 N–H and O–H groups in total. The molecule has 0 amide bonds. The van der Waals surface area contributed by atoms with E-state index in [1.807, 2.05) is 26.1 Å². The van der Waals surface area contributed by atoms with Crippen LogP contribution in [0.3, 0.4) is 0 Å². The van der Waals surface area contributed by atoms with Crippen LogP contribution in [0.2, 0.25) is 0 Å². The Bertz CT molecular complexity index is 724. The molecule has 1 heterocycles. The first-order valence-electron chi connectivity index (χ1n) is 7.34. The average molecular weight is 383 g/mol. The summed E-state index contributed by atoms with van der Waals surface area (Å²) in [5.41, 5.74) is 2.83. The molecule has 0 bridgehead atoms. The van der Waals surface area contributed by atoms with E-state index in [4.69, 9.17) is 14.0 Å². The summed E-state index contributed by atoms with van der Waals surface area (Å²) in [6.07, 6.45) is 3.50. The van der Waals surface area contributed by atoms with E-state index < -0.39 is 0 Å². The molecule has 0 aliphatic rings. The number of rotatable bonds is 7. The van der Waals surface area contributed by atoms with Crippen molar-refractivity contribution in [1.82, 2.24) is 5.16 Å². The molecule has 0 spiro atoms. The van der Waals surface area contributed by atoms with E-state index in [0.717, 1.165) is 21.1 Å². The number of nitrogens with one attached hydrogen (secondary N) is 1. The van der Waals surface area contributed by atoms with Crippen LogP contribution < -0.4 is 5.32 Å². The number of nitrogens with zero attached hydrogens (tertiary/aromatic N) is 1. The van der Waals surface area contributed by atoms with Crippen molar-refractivity contribution < 1.29 is 18.8 Å². The molecule has 0 aliphatic heterocycles. The molecule has 0 fully saturated rings. The van der Waals surface area contributed by atoms with Crippen molar-refractivity contribution >= 4 is 44.6 Å². The number of aromatic nitrogens is 1. The highest BCUT2D eigenvalue weighted by Crippen LogP contribution is 2.36. The first-order valence-corrected chi connectivity index (χ1v) is 8.13. The van der Waals surface area contributed by atoms with Gasteiger partial charge in [0.25, 0.3) is 0 Å². The lowest BCUT2D eigenvalue weighted by Gasteiger charge is -2.09. The van der Waals surface area contributed by atoms with Gasteiger partial charge < -0.3 is 19.3 Å². The molecule has 0 saturated heterocycles. The Kier molecular flexibility index (Phi) is 6.04. The number of anilines is 1. The normalized spacial score (nSPS) is 11.1. The molecule has 0 unspecified atom stereocenters. The number of carbonyl (C=O) groups is 1. The average Bonchev–Trinajstić information content (AvgIpc) is 2.94. The van der Waals surface area contributed by atoms with Crippen molar-refractivity contribution in [2.24, 2.45) is 0 Å². The quantitative estimate of drug-likeness (QED) is 0.580. The maximum Gasteiger partial charge on any atom is 0.312 e. The highest BCUT2D eigenvalue weighted by atomic mass is 79.9. The SMILES string of the molecule is CCO/C=C/c1c(NC)cc(Br)c2onc(CC(=O)OCC)c12. The Hall–Kier alpha value is -2.02. The van der Waals surface area contributed by atoms with Crippen molar-refractivity contribution in [1.29, 1.82) is 0 Å². The van der Waals surface area contributed by atoms with Gasteiger partial charge in [0, 0.05) is 18.3 Å². The van der Waals surface area contributed by atoms with Gasteiger partial charge in [0.2, 0.25) is 0 Å². The molecule has 1 aromatic heterocycles. The van der Waals surface area contributed by atoms with Crippen molar-refractivity contribution in [3.05, 3.63) is 28.1 Å². The lowest BCUT2D eigenvalue weighted by Crippen LogP contribution is -2.08. The standard InChI is InChI=1S/C16H19BrN2O4/c1-4-21-7-6-10-12(18-3)8-11(17)16-15(10)13(19-23-16)9-14(20)22-5-2/h6-8,18H,4-5,9H2,1-3H3/b7-6+. The lowest BCUT2D eigenvalue weighted by molar-refractivity contribution is -0.142. The molecule has 0 saturated carbocycles. The van der Waals surface area contributed by atoms with Crippen molar-refractivity contribution in [3.63, 3.8) is 0 Å². The summed E-state index contributed by atoms with van der Waals surface area (Å²) in [6.45, 7) is 4.58. The van der Waals surface area contributed by atoms with E-state index in [-0.39, 0.29) is 12.4 Å². The number of halogens is 1. The molecule has 6 nitrogen and oxygen atoms in total. The molecule has 0 aliphatic carbocycles. The van der Waals surface area contributed by atoms with Crippen LogP contribution in [0.4, 0.5) is 5.69 Å². The minimum atomic E-state index is -0.339.